The van der Waals surface area contributed by atoms with Gasteiger partial charge in [-0.05, 0) is 38.2 Å². The third-order valence-electron chi connectivity index (χ3n) is 5.76. The molecule has 1 aromatic heterocycles. The molecule has 4 heterocycles. The number of ether oxygens (including phenoxy) is 1. The summed E-state index contributed by atoms with van der Waals surface area (Å²) in [5.74, 6) is 0. The van der Waals surface area contributed by atoms with E-state index in [0.29, 0.717) is 18.6 Å². The van der Waals surface area contributed by atoms with Crippen LogP contribution in [-0.2, 0) is 11.3 Å². The molecular formula is C18H29N5O2. The van der Waals surface area contributed by atoms with E-state index in [4.69, 9.17) is 4.74 Å². The second kappa shape index (κ2) is 7.74. The normalized spacial score (nSPS) is 25.1. The molecule has 0 aliphatic carbocycles. The van der Waals surface area contributed by atoms with Gasteiger partial charge in [0, 0.05) is 58.2 Å². The Hall–Kier alpha value is -1.60. The average Bonchev–Trinajstić information content (AvgIpc) is 3.34. The summed E-state index contributed by atoms with van der Waals surface area (Å²) in [6.07, 6.45) is 7.32. The highest BCUT2D eigenvalue weighted by Crippen LogP contribution is 2.27. The van der Waals surface area contributed by atoms with Crippen LogP contribution in [0.15, 0.2) is 12.3 Å². The molecule has 0 saturated carbocycles. The van der Waals surface area contributed by atoms with Gasteiger partial charge in [0.15, 0.2) is 0 Å². The second-order valence-corrected chi connectivity index (χ2v) is 7.41. The third-order valence-corrected chi connectivity index (χ3v) is 5.76. The van der Waals surface area contributed by atoms with E-state index in [1.54, 1.807) is 0 Å². The van der Waals surface area contributed by atoms with Gasteiger partial charge < -0.3 is 15.0 Å². The molecule has 1 N–H and O–H groups in total. The van der Waals surface area contributed by atoms with Crippen molar-refractivity contribution in [1.29, 1.82) is 0 Å². The Bertz CT molecular complexity index is 578. The van der Waals surface area contributed by atoms with Crippen LogP contribution in [0.1, 0.15) is 43.8 Å². The van der Waals surface area contributed by atoms with Crippen molar-refractivity contribution in [3.63, 3.8) is 0 Å². The summed E-state index contributed by atoms with van der Waals surface area (Å²) in [4.78, 5) is 16.7. The minimum Gasteiger partial charge on any atom is -0.381 e. The van der Waals surface area contributed by atoms with Gasteiger partial charge in [-0.25, -0.2) is 4.79 Å². The molecular weight excluding hydrogens is 318 g/mol. The Morgan fingerprint density at radius 1 is 1.28 bits per heavy atom. The monoisotopic (exact) mass is 347 g/mol. The van der Waals surface area contributed by atoms with Crippen molar-refractivity contribution in [2.24, 2.45) is 0 Å². The molecule has 0 unspecified atom stereocenters. The highest BCUT2D eigenvalue weighted by molar-refractivity contribution is 5.74. The maximum absolute atomic E-state index is 12.2. The van der Waals surface area contributed by atoms with E-state index in [1.165, 1.54) is 5.69 Å². The highest BCUT2D eigenvalue weighted by atomic mass is 16.5. The highest BCUT2D eigenvalue weighted by Gasteiger charge is 2.30. The molecule has 2 amide bonds. The maximum atomic E-state index is 12.2. The summed E-state index contributed by atoms with van der Waals surface area (Å²) in [6, 6.07) is 3.16. The van der Waals surface area contributed by atoms with Crippen LogP contribution < -0.4 is 5.32 Å². The van der Waals surface area contributed by atoms with Crippen molar-refractivity contribution in [3.05, 3.63) is 18.0 Å². The molecule has 3 aliphatic heterocycles. The summed E-state index contributed by atoms with van der Waals surface area (Å²) in [6.45, 7) is 6.24. The number of nitrogens with zero attached hydrogens (tertiary/aromatic N) is 4. The first-order chi connectivity index (χ1) is 12.3. The molecule has 0 aromatic carbocycles. The maximum Gasteiger partial charge on any atom is 0.317 e. The summed E-state index contributed by atoms with van der Waals surface area (Å²) < 4.78 is 7.68. The van der Waals surface area contributed by atoms with Crippen molar-refractivity contribution >= 4 is 6.03 Å². The van der Waals surface area contributed by atoms with Crippen LogP contribution in [0.25, 0.3) is 0 Å². The Balaban J connectivity index is 1.34. The van der Waals surface area contributed by atoms with E-state index in [0.717, 1.165) is 71.5 Å². The average molecular weight is 347 g/mol. The van der Waals surface area contributed by atoms with Crippen molar-refractivity contribution in [1.82, 2.24) is 24.9 Å². The van der Waals surface area contributed by atoms with Gasteiger partial charge in [0.25, 0.3) is 0 Å². The lowest BCUT2D eigenvalue weighted by Crippen LogP contribution is -2.46. The molecule has 25 heavy (non-hydrogen) atoms. The first-order valence-electron chi connectivity index (χ1n) is 9.68. The fourth-order valence-electron chi connectivity index (χ4n) is 4.34. The molecule has 0 bridgehead atoms. The van der Waals surface area contributed by atoms with E-state index < -0.39 is 0 Å². The molecule has 4 rings (SSSR count). The molecule has 7 nitrogen and oxygen atoms in total. The van der Waals surface area contributed by atoms with Crippen molar-refractivity contribution in [3.8, 4) is 0 Å². The fraction of sp³-hybridized carbons (Fsp3) is 0.778. The van der Waals surface area contributed by atoms with Gasteiger partial charge in [0.1, 0.15) is 0 Å². The number of amides is 2. The van der Waals surface area contributed by atoms with Crippen LogP contribution in [0.5, 0.6) is 0 Å². The van der Waals surface area contributed by atoms with E-state index in [9.17, 15) is 4.79 Å². The van der Waals surface area contributed by atoms with Crippen LogP contribution in [0.3, 0.4) is 0 Å². The SMILES string of the molecule is O=C(NCC[C@@H]1CN(C2CCOCC2)Cc2ccnn21)N1CCCC1. The standard InChI is InChI=1S/C18H29N5O2/c24-18(21-9-1-2-10-21)19-7-3-16-13-22(15-5-11-25-12-6-15)14-17-4-8-20-23(16)17/h4,8,15-16H,1-3,5-7,9-14H2,(H,19,24)/t16-/m1/s1. The zero-order chi connectivity index (χ0) is 17.1. The quantitative estimate of drug-likeness (QED) is 0.899. The van der Waals surface area contributed by atoms with E-state index in [-0.39, 0.29) is 6.03 Å². The smallest absolute Gasteiger partial charge is 0.317 e. The lowest BCUT2D eigenvalue weighted by Gasteiger charge is -2.40. The molecule has 138 valence electrons. The number of aromatic nitrogens is 2. The minimum absolute atomic E-state index is 0.0929. The number of carbonyl (C=O) groups excluding carboxylic acids is 1. The molecule has 2 fully saturated rings. The Morgan fingerprint density at radius 3 is 2.88 bits per heavy atom. The van der Waals surface area contributed by atoms with Crippen LogP contribution in [0.2, 0.25) is 0 Å². The minimum atomic E-state index is 0.0929. The van der Waals surface area contributed by atoms with Gasteiger partial charge in [-0.1, -0.05) is 0 Å². The van der Waals surface area contributed by atoms with E-state index >= 15 is 0 Å². The van der Waals surface area contributed by atoms with Crippen molar-refractivity contribution < 1.29 is 9.53 Å². The number of carbonyl (C=O) groups is 1. The van der Waals surface area contributed by atoms with Crippen LogP contribution in [0.4, 0.5) is 4.79 Å². The molecule has 7 heteroatoms. The van der Waals surface area contributed by atoms with Crippen LogP contribution >= 0.6 is 0 Å². The van der Waals surface area contributed by atoms with Gasteiger partial charge in [0.2, 0.25) is 0 Å². The largest absolute Gasteiger partial charge is 0.381 e. The zero-order valence-corrected chi connectivity index (χ0v) is 14.9. The fourth-order valence-corrected chi connectivity index (χ4v) is 4.34. The summed E-state index contributed by atoms with van der Waals surface area (Å²) in [5, 5.41) is 7.63. The molecule has 2 saturated heterocycles. The van der Waals surface area contributed by atoms with Gasteiger partial charge in [0.05, 0.1) is 11.7 Å². The molecule has 3 aliphatic rings. The van der Waals surface area contributed by atoms with Gasteiger partial charge in [-0.3, -0.25) is 9.58 Å². The number of rotatable bonds is 4. The van der Waals surface area contributed by atoms with E-state index in [1.807, 2.05) is 11.1 Å². The third kappa shape index (κ3) is 3.82. The Kier molecular flexibility index (Phi) is 5.22. The van der Waals surface area contributed by atoms with Crippen molar-refractivity contribution in [2.75, 3.05) is 39.4 Å². The zero-order valence-electron chi connectivity index (χ0n) is 14.9. The topological polar surface area (TPSA) is 62.6 Å². The molecule has 1 atom stereocenters. The summed E-state index contributed by atoms with van der Waals surface area (Å²) >= 11 is 0. The predicted octanol–water partition coefficient (Wildman–Crippen LogP) is 1.61. The molecule has 0 spiro atoms. The van der Waals surface area contributed by atoms with Gasteiger partial charge >= 0.3 is 6.03 Å². The molecule has 1 aromatic rings. The molecule has 0 radical (unpaired) electrons. The van der Waals surface area contributed by atoms with Crippen LogP contribution in [0, 0.1) is 0 Å². The first-order valence-corrected chi connectivity index (χ1v) is 9.68. The lowest BCUT2D eigenvalue weighted by molar-refractivity contribution is 0.0158. The number of hydrogen-bond acceptors (Lipinski definition) is 4. The van der Waals surface area contributed by atoms with Crippen molar-refractivity contribution in [2.45, 2.75) is 50.7 Å². The number of fused-ring (bicyclic) bond motifs is 1. The van der Waals surface area contributed by atoms with Crippen LogP contribution in [-0.4, -0.2) is 71.0 Å². The Morgan fingerprint density at radius 2 is 2.08 bits per heavy atom. The second-order valence-electron chi connectivity index (χ2n) is 7.41. The predicted molar refractivity (Wildman–Crippen MR) is 94.3 cm³/mol. The number of likely N-dealkylation sites (tertiary alicyclic amines) is 1. The first kappa shape index (κ1) is 16.8. The number of nitrogens with one attached hydrogen (secondary N) is 1. The summed E-state index contributed by atoms with van der Waals surface area (Å²) in [7, 11) is 0. The van der Waals surface area contributed by atoms with Gasteiger partial charge in [-0.15, -0.1) is 0 Å². The van der Waals surface area contributed by atoms with E-state index in [2.05, 4.69) is 26.1 Å². The lowest BCUT2D eigenvalue weighted by atomic mass is 10.0. The number of urea groups is 1. The Labute approximate surface area is 149 Å². The van der Waals surface area contributed by atoms with Gasteiger partial charge in [-0.2, -0.15) is 5.10 Å². The summed E-state index contributed by atoms with van der Waals surface area (Å²) in [5.41, 5.74) is 1.29. The number of hydrogen-bond donors (Lipinski definition) is 1.